The Morgan fingerprint density at radius 1 is 1.45 bits per heavy atom. The van der Waals surface area contributed by atoms with Gasteiger partial charge in [-0.15, -0.1) is 0 Å². The van der Waals surface area contributed by atoms with Crippen molar-refractivity contribution in [3.05, 3.63) is 46.2 Å². The van der Waals surface area contributed by atoms with E-state index in [1.807, 2.05) is 43.8 Å². The van der Waals surface area contributed by atoms with Gasteiger partial charge in [0.15, 0.2) is 0 Å². The van der Waals surface area contributed by atoms with Crippen LogP contribution in [0.5, 0.6) is 0 Å². The van der Waals surface area contributed by atoms with Crippen LogP contribution in [-0.4, -0.2) is 16.8 Å². The Kier molecular flexibility index (Phi) is 4.31. The summed E-state index contributed by atoms with van der Waals surface area (Å²) in [5.74, 6) is 0. The van der Waals surface area contributed by atoms with Crippen LogP contribution in [0.2, 0.25) is 5.02 Å². The van der Waals surface area contributed by atoms with Crippen LogP contribution in [0.15, 0.2) is 24.3 Å². The summed E-state index contributed by atoms with van der Waals surface area (Å²) < 4.78 is 1.92. The molecule has 4 nitrogen and oxygen atoms in total. The first-order chi connectivity index (χ1) is 9.56. The van der Waals surface area contributed by atoms with Crippen LogP contribution in [0.3, 0.4) is 0 Å². The quantitative estimate of drug-likeness (QED) is 0.866. The van der Waals surface area contributed by atoms with E-state index in [2.05, 4.69) is 16.1 Å². The second-order valence-electron chi connectivity index (χ2n) is 4.68. The van der Waals surface area contributed by atoms with E-state index in [1.165, 1.54) is 0 Å². The van der Waals surface area contributed by atoms with Crippen molar-refractivity contribution in [1.29, 1.82) is 5.26 Å². The van der Waals surface area contributed by atoms with Gasteiger partial charge in [-0.3, -0.25) is 4.68 Å². The fourth-order valence-corrected chi connectivity index (χ4v) is 2.34. The number of rotatable bonds is 4. The lowest BCUT2D eigenvalue weighted by Gasteiger charge is -2.20. The van der Waals surface area contributed by atoms with Crippen molar-refractivity contribution in [3.63, 3.8) is 0 Å². The van der Waals surface area contributed by atoms with E-state index >= 15 is 0 Å². The van der Waals surface area contributed by atoms with Crippen LogP contribution in [0, 0.1) is 18.3 Å². The number of anilines is 1. The highest BCUT2D eigenvalue weighted by molar-refractivity contribution is 6.31. The van der Waals surface area contributed by atoms with Gasteiger partial charge in [0.25, 0.3) is 0 Å². The number of hydrogen-bond acceptors (Lipinski definition) is 3. The predicted octanol–water partition coefficient (Wildman–Crippen LogP) is 3.37. The topological polar surface area (TPSA) is 44.9 Å². The molecule has 0 saturated carbocycles. The van der Waals surface area contributed by atoms with Crippen molar-refractivity contribution in [3.8, 4) is 6.07 Å². The van der Waals surface area contributed by atoms with Gasteiger partial charge in [-0.25, -0.2) is 0 Å². The molecule has 0 fully saturated rings. The molecule has 20 heavy (non-hydrogen) atoms. The van der Waals surface area contributed by atoms with Crippen molar-refractivity contribution in [2.75, 3.05) is 11.9 Å². The van der Waals surface area contributed by atoms with Crippen molar-refractivity contribution < 1.29 is 0 Å². The zero-order valence-corrected chi connectivity index (χ0v) is 12.6. The zero-order valence-electron chi connectivity index (χ0n) is 11.9. The van der Waals surface area contributed by atoms with E-state index in [9.17, 15) is 0 Å². The van der Waals surface area contributed by atoms with E-state index in [1.54, 1.807) is 6.07 Å². The highest BCUT2D eigenvalue weighted by atomic mass is 35.5. The summed E-state index contributed by atoms with van der Waals surface area (Å²) in [6, 6.07) is 9.68. The van der Waals surface area contributed by atoms with Gasteiger partial charge in [0.2, 0.25) is 0 Å². The highest BCUT2D eigenvalue weighted by Crippen LogP contribution is 2.24. The SMILES string of the molecule is CCn1nc(C)c(Cl)c1CN(C)c1cccc(C#N)c1. The lowest BCUT2D eigenvalue weighted by molar-refractivity contribution is 0.613. The second-order valence-corrected chi connectivity index (χ2v) is 5.06. The fourth-order valence-electron chi connectivity index (χ4n) is 2.15. The maximum absolute atomic E-state index is 8.96. The van der Waals surface area contributed by atoms with Crippen molar-refractivity contribution >= 4 is 17.3 Å². The van der Waals surface area contributed by atoms with E-state index < -0.39 is 0 Å². The van der Waals surface area contributed by atoms with E-state index in [-0.39, 0.29) is 0 Å². The molecule has 0 aliphatic carbocycles. The standard InChI is InChI=1S/C15H17ClN4/c1-4-20-14(15(16)11(2)18-20)10-19(3)13-7-5-6-12(8-13)9-17/h5-8H,4,10H2,1-3H3. The summed E-state index contributed by atoms with van der Waals surface area (Å²) in [5.41, 5.74) is 3.49. The van der Waals surface area contributed by atoms with Crippen molar-refractivity contribution in [2.24, 2.45) is 0 Å². The van der Waals surface area contributed by atoms with Crippen LogP contribution in [0.1, 0.15) is 23.9 Å². The molecule has 0 spiro atoms. The Morgan fingerprint density at radius 3 is 2.85 bits per heavy atom. The van der Waals surface area contributed by atoms with Gasteiger partial charge in [-0.1, -0.05) is 17.7 Å². The molecule has 1 heterocycles. The molecule has 0 bridgehead atoms. The van der Waals surface area contributed by atoms with Crippen LogP contribution in [0.25, 0.3) is 0 Å². The molecule has 0 amide bonds. The molecule has 0 N–H and O–H groups in total. The molecule has 0 atom stereocenters. The molecule has 1 aromatic heterocycles. The normalized spacial score (nSPS) is 10.3. The first-order valence-electron chi connectivity index (χ1n) is 6.50. The molecule has 2 rings (SSSR count). The summed E-state index contributed by atoms with van der Waals surface area (Å²) in [4.78, 5) is 2.06. The van der Waals surface area contributed by atoms with Gasteiger partial charge in [-0.2, -0.15) is 10.4 Å². The summed E-state index contributed by atoms with van der Waals surface area (Å²) in [6.07, 6.45) is 0. The van der Waals surface area contributed by atoms with Crippen LogP contribution < -0.4 is 4.90 Å². The van der Waals surface area contributed by atoms with E-state index in [0.29, 0.717) is 12.1 Å². The van der Waals surface area contributed by atoms with Gasteiger partial charge < -0.3 is 4.90 Å². The molecule has 2 aromatic rings. The largest absolute Gasteiger partial charge is 0.369 e. The number of nitrogens with zero attached hydrogens (tertiary/aromatic N) is 4. The number of hydrogen-bond donors (Lipinski definition) is 0. The summed E-state index contributed by atoms with van der Waals surface area (Å²) in [5, 5.41) is 14.1. The maximum atomic E-state index is 8.96. The Labute approximate surface area is 124 Å². The molecular weight excluding hydrogens is 272 g/mol. The van der Waals surface area contributed by atoms with Crippen LogP contribution in [0.4, 0.5) is 5.69 Å². The van der Waals surface area contributed by atoms with Gasteiger partial charge in [0, 0.05) is 19.3 Å². The Hall–Kier alpha value is -1.99. The number of benzene rings is 1. The van der Waals surface area contributed by atoms with Crippen LogP contribution >= 0.6 is 11.6 Å². The Morgan fingerprint density at radius 2 is 2.20 bits per heavy atom. The van der Waals surface area contributed by atoms with Crippen LogP contribution in [-0.2, 0) is 13.1 Å². The number of aromatic nitrogens is 2. The number of nitriles is 1. The third-order valence-electron chi connectivity index (χ3n) is 3.26. The average Bonchev–Trinajstić information content (AvgIpc) is 2.75. The van der Waals surface area contributed by atoms with Gasteiger partial charge in [-0.05, 0) is 32.0 Å². The second kappa shape index (κ2) is 5.98. The minimum absolute atomic E-state index is 0.653. The Bertz CT molecular complexity index is 654. The molecule has 0 aliphatic heterocycles. The van der Waals surface area contributed by atoms with E-state index in [0.717, 1.165) is 28.6 Å². The summed E-state index contributed by atoms with van der Waals surface area (Å²) in [7, 11) is 1.98. The number of aryl methyl sites for hydroxylation is 2. The number of halogens is 1. The summed E-state index contributed by atoms with van der Waals surface area (Å²) >= 11 is 6.32. The first kappa shape index (κ1) is 14.4. The maximum Gasteiger partial charge on any atom is 0.0992 e. The molecule has 0 aliphatic rings. The lowest BCUT2D eigenvalue weighted by atomic mass is 10.2. The zero-order chi connectivity index (χ0) is 14.7. The monoisotopic (exact) mass is 288 g/mol. The highest BCUT2D eigenvalue weighted by Gasteiger charge is 2.14. The third kappa shape index (κ3) is 2.78. The fraction of sp³-hybridized carbons (Fsp3) is 0.333. The van der Waals surface area contributed by atoms with Gasteiger partial charge >= 0.3 is 0 Å². The lowest BCUT2D eigenvalue weighted by Crippen LogP contribution is -2.19. The average molecular weight is 289 g/mol. The first-order valence-corrected chi connectivity index (χ1v) is 6.87. The van der Waals surface area contributed by atoms with Gasteiger partial charge in [0.1, 0.15) is 0 Å². The molecule has 1 aromatic carbocycles. The molecule has 5 heteroatoms. The third-order valence-corrected chi connectivity index (χ3v) is 3.75. The molecular formula is C15H17ClN4. The molecule has 104 valence electrons. The van der Waals surface area contributed by atoms with E-state index in [4.69, 9.17) is 16.9 Å². The Balaban J connectivity index is 2.27. The minimum Gasteiger partial charge on any atom is -0.369 e. The van der Waals surface area contributed by atoms with Gasteiger partial charge in [0.05, 0.1) is 34.6 Å². The van der Waals surface area contributed by atoms with Crippen molar-refractivity contribution in [1.82, 2.24) is 9.78 Å². The molecule has 0 saturated heterocycles. The molecule has 0 unspecified atom stereocenters. The minimum atomic E-state index is 0.653. The smallest absolute Gasteiger partial charge is 0.0992 e. The molecule has 0 radical (unpaired) electrons. The predicted molar refractivity (Wildman–Crippen MR) is 80.9 cm³/mol. The summed E-state index contributed by atoms with van der Waals surface area (Å²) in [6.45, 7) is 5.40. The van der Waals surface area contributed by atoms with Crippen molar-refractivity contribution in [2.45, 2.75) is 26.9 Å².